The number of nitrogens with zero attached hydrogens (tertiary/aromatic N) is 4. The summed E-state index contributed by atoms with van der Waals surface area (Å²) >= 11 is 1.47. The fourth-order valence-electron chi connectivity index (χ4n) is 1.90. The minimum atomic E-state index is -0.487. The zero-order valence-corrected chi connectivity index (χ0v) is 9.94. The van der Waals surface area contributed by atoms with E-state index in [1.807, 2.05) is 4.68 Å². The Morgan fingerprint density at radius 1 is 1.50 bits per heavy atom. The average molecular weight is 243 g/mol. The summed E-state index contributed by atoms with van der Waals surface area (Å²) in [7, 11) is 0. The van der Waals surface area contributed by atoms with Gasteiger partial charge in [0, 0.05) is 12.3 Å². The van der Waals surface area contributed by atoms with Crippen molar-refractivity contribution < 1.29 is 5.11 Å². The maximum Gasteiger partial charge on any atom is 0.209 e. The molecule has 1 aromatic rings. The molecular formula is C9H17N5OS. The first-order valence-electron chi connectivity index (χ1n) is 5.60. The quantitative estimate of drug-likeness (QED) is 0.718. The highest BCUT2D eigenvalue weighted by Gasteiger charge is 2.21. The molecule has 0 aliphatic heterocycles. The van der Waals surface area contributed by atoms with E-state index < -0.39 is 6.10 Å². The van der Waals surface area contributed by atoms with Crippen molar-refractivity contribution in [3.05, 3.63) is 0 Å². The highest BCUT2D eigenvalue weighted by atomic mass is 32.2. The predicted octanol–water partition coefficient (Wildman–Crippen LogP) is 0.200. The molecule has 7 heteroatoms. The summed E-state index contributed by atoms with van der Waals surface area (Å²) in [6.45, 7) is 0.276. The van der Waals surface area contributed by atoms with Crippen molar-refractivity contribution >= 4 is 11.8 Å². The summed E-state index contributed by atoms with van der Waals surface area (Å²) in [5.74, 6) is 0.545. The molecule has 1 aliphatic carbocycles. The van der Waals surface area contributed by atoms with Crippen LogP contribution in [0, 0.1) is 0 Å². The smallest absolute Gasteiger partial charge is 0.209 e. The fraction of sp³-hybridized carbons (Fsp3) is 0.889. The molecular weight excluding hydrogens is 226 g/mol. The number of rotatable bonds is 5. The average Bonchev–Trinajstić information content (AvgIpc) is 2.95. The van der Waals surface area contributed by atoms with Crippen molar-refractivity contribution in [3.63, 3.8) is 0 Å². The summed E-state index contributed by atoms with van der Waals surface area (Å²) < 4.78 is 1.89. The topological polar surface area (TPSA) is 89.8 Å². The molecule has 2 rings (SSSR count). The number of aliphatic hydroxyl groups is 1. The summed E-state index contributed by atoms with van der Waals surface area (Å²) in [5, 5.41) is 21.9. The number of nitrogens with two attached hydrogens (primary N) is 1. The Balaban J connectivity index is 1.95. The summed E-state index contributed by atoms with van der Waals surface area (Å²) in [4.78, 5) is 0. The zero-order chi connectivity index (χ0) is 11.4. The van der Waals surface area contributed by atoms with E-state index in [0.717, 1.165) is 18.0 Å². The van der Waals surface area contributed by atoms with Gasteiger partial charge in [-0.2, -0.15) is 0 Å². The molecule has 0 spiro atoms. The normalized spacial score (nSPS) is 19.1. The van der Waals surface area contributed by atoms with E-state index in [4.69, 9.17) is 5.73 Å². The Labute approximate surface area is 98.6 Å². The van der Waals surface area contributed by atoms with E-state index in [9.17, 15) is 5.11 Å². The van der Waals surface area contributed by atoms with E-state index in [1.165, 1.54) is 24.6 Å². The van der Waals surface area contributed by atoms with Crippen molar-refractivity contribution in [2.24, 2.45) is 5.73 Å². The third kappa shape index (κ3) is 2.72. The Morgan fingerprint density at radius 3 is 2.94 bits per heavy atom. The molecule has 0 radical (unpaired) electrons. The lowest BCUT2D eigenvalue weighted by molar-refractivity contribution is 0.208. The van der Waals surface area contributed by atoms with Gasteiger partial charge in [-0.05, 0) is 23.3 Å². The first-order valence-corrected chi connectivity index (χ1v) is 6.58. The van der Waals surface area contributed by atoms with Crippen molar-refractivity contribution in [1.82, 2.24) is 20.2 Å². The van der Waals surface area contributed by atoms with Gasteiger partial charge in [0.25, 0.3) is 0 Å². The van der Waals surface area contributed by atoms with E-state index in [0.29, 0.717) is 11.8 Å². The van der Waals surface area contributed by atoms with Crippen molar-refractivity contribution in [1.29, 1.82) is 0 Å². The lowest BCUT2D eigenvalue weighted by Gasteiger charge is -2.11. The molecule has 16 heavy (non-hydrogen) atoms. The van der Waals surface area contributed by atoms with Crippen LogP contribution in [-0.4, -0.2) is 43.7 Å². The second kappa shape index (κ2) is 5.60. The van der Waals surface area contributed by atoms with E-state index >= 15 is 0 Å². The number of tetrazole rings is 1. The van der Waals surface area contributed by atoms with Crippen molar-refractivity contribution in [2.75, 3.05) is 12.3 Å². The van der Waals surface area contributed by atoms with Gasteiger partial charge in [0.1, 0.15) is 0 Å². The molecule has 0 bridgehead atoms. The largest absolute Gasteiger partial charge is 0.391 e. The molecule has 1 atom stereocenters. The van der Waals surface area contributed by atoms with Crippen LogP contribution < -0.4 is 5.73 Å². The SMILES string of the molecule is NCC(O)CSc1nnnn1C1CCCC1. The molecule has 90 valence electrons. The van der Waals surface area contributed by atoms with Crippen LogP contribution in [0.4, 0.5) is 0 Å². The van der Waals surface area contributed by atoms with Crippen LogP contribution >= 0.6 is 11.8 Å². The highest BCUT2D eigenvalue weighted by Crippen LogP contribution is 2.31. The highest BCUT2D eigenvalue weighted by molar-refractivity contribution is 7.99. The second-order valence-corrected chi connectivity index (χ2v) is 5.03. The number of aliphatic hydroxyl groups excluding tert-OH is 1. The zero-order valence-electron chi connectivity index (χ0n) is 9.12. The first-order chi connectivity index (χ1) is 7.81. The van der Waals surface area contributed by atoms with Gasteiger partial charge in [-0.3, -0.25) is 0 Å². The summed E-state index contributed by atoms with van der Waals surface area (Å²) in [6, 6.07) is 0.438. The minimum absolute atomic E-state index is 0.276. The van der Waals surface area contributed by atoms with Crippen LogP contribution in [0.15, 0.2) is 5.16 Å². The Kier molecular flexibility index (Phi) is 4.14. The molecule has 1 heterocycles. The summed E-state index contributed by atoms with van der Waals surface area (Å²) in [5.41, 5.74) is 5.35. The molecule has 1 saturated carbocycles. The lowest BCUT2D eigenvalue weighted by Crippen LogP contribution is -2.22. The number of hydrogen-bond donors (Lipinski definition) is 2. The Morgan fingerprint density at radius 2 is 2.25 bits per heavy atom. The van der Waals surface area contributed by atoms with Gasteiger partial charge in [-0.1, -0.05) is 24.6 Å². The molecule has 1 aromatic heterocycles. The molecule has 1 unspecified atom stereocenters. The van der Waals surface area contributed by atoms with Gasteiger partial charge >= 0.3 is 0 Å². The van der Waals surface area contributed by atoms with Gasteiger partial charge in [0.2, 0.25) is 5.16 Å². The van der Waals surface area contributed by atoms with Gasteiger partial charge in [0.05, 0.1) is 12.1 Å². The first kappa shape index (κ1) is 11.8. The third-order valence-corrected chi connectivity index (χ3v) is 3.89. The number of hydrogen-bond acceptors (Lipinski definition) is 6. The van der Waals surface area contributed by atoms with Crippen LogP contribution in [0.1, 0.15) is 31.7 Å². The minimum Gasteiger partial charge on any atom is -0.391 e. The predicted molar refractivity (Wildman–Crippen MR) is 61.1 cm³/mol. The van der Waals surface area contributed by atoms with Crippen molar-refractivity contribution in [3.8, 4) is 0 Å². The van der Waals surface area contributed by atoms with Crippen LogP contribution in [0.2, 0.25) is 0 Å². The molecule has 0 aromatic carbocycles. The van der Waals surface area contributed by atoms with Crippen LogP contribution in [-0.2, 0) is 0 Å². The standard InChI is InChI=1S/C9H17N5OS/c10-5-8(15)6-16-9-11-12-13-14(9)7-3-1-2-4-7/h7-8,15H,1-6,10H2. The maximum absolute atomic E-state index is 9.39. The molecule has 0 amide bonds. The van der Waals surface area contributed by atoms with Gasteiger partial charge < -0.3 is 10.8 Å². The molecule has 6 nitrogen and oxygen atoms in total. The Hall–Kier alpha value is -0.660. The molecule has 0 saturated heterocycles. The van der Waals surface area contributed by atoms with E-state index in [-0.39, 0.29) is 6.54 Å². The molecule has 3 N–H and O–H groups in total. The van der Waals surface area contributed by atoms with E-state index in [1.54, 1.807) is 0 Å². The van der Waals surface area contributed by atoms with Gasteiger partial charge in [0.15, 0.2) is 0 Å². The van der Waals surface area contributed by atoms with Gasteiger partial charge in [-0.25, -0.2) is 4.68 Å². The maximum atomic E-state index is 9.39. The third-order valence-electron chi connectivity index (χ3n) is 2.81. The van der Waals surface area contributed by atoms with Crippen LogP contribution in [0.3, 0.4) is 0 Å². The second-order valence-electron chi connectivity index (χ2n) is 4.04. The lowest BCUT2D eigenvalue weighted by atomic mass is 10.3. The molecule has 1 fully saturated rings. The Bertz CT molecular complexity index is 325. The van der Waals surface area contributed by atoms with Gasteiger partial charge in [-0.15, -0.1) is 5.10 Å². The molecule has 1 aliphatic rings. The number of thioether (sulfide) groups is 1. The summed E-state index contributed by atoms with van der Waals surface area (Å²) in [6.07, 6.45) is 4.31. The van der Waals surface area contributed by atoms with Crippen LogP contribution in [0.25, 0.3) is 0 Å². The van der Waals surface area contributed by atoms with Crippen LogP contribution in [0.5, 0.6) is 0 Å². The van der Waals surface area contributed by atoms with E-state index in [2.05, 4.69) is 15.5 Å². The fourth-order valence-corrected chi connectivity index (χ4v) is 2.79. The van der Waals surface area contributed by atoms with Crippen molar-refractivity contribution in [2.45, 2.75) is 43.0 Å². The number of aromatic nitrogens is 4. The monoisotopic (exact) mass is 243 g/mol.